The lowest BCUT2D eigenvalue weighted by molar-refractivity contribution is -0.131. The molecular formula is C21H29N3O2. The summed E-state index contributed by atoms with van der Waals surface area (Å²) in [5, 5.41) is 4.14. The topological polar surface area (TPSA) is 49.6 Å². The van der Waals surface area contributed by atoms with Crippen molar-refractivity contribution in [3.05, 3.63) is 46.8 Å². The molecule has 0 N–H and O–H groups in total. The van der Waals surface area contributed by atoms with Gasteiger partial charge in [0.15, 0.2) is 0 Å². The Bertz CT molecular complexity index is 745. The zero-order valence-corrected chi connectivity index (χ0v) is 16.3. The third-order valence-electron chi connectivity index (χ3n) is 5.28. The summed E-state index contributed by atoms with van der Waals surface area (Å²) in [6, 6.07) is 8.68. The van der Waals surface area contributed by atoms with Crippen molar-refractivity contribution in [2.45, 2.75) is 52.0 Å². The fourth-order valence-electron chi connectivity index (χ4n) is 3.81. The fraction of sp³-hybridized carbons (Fsp3) is 0.524. The Balaban J connectivity index is 1.81. The van der Waals surface area contributed by atoms with Crippen molar-refractivity contribution in [3.63, 3.8) is 0 Å². The summed E-state index contributed by atoms with van der Waals surface area (Å²) >= 11 is 0. The number of rotatable bonds is 6. The molecule has 5 nitrogen and oxygen atoms in total. The van der Waals surface area contributed by atoms with Crippen LogP contribution in [0.25, 0.3) is 0 Å². The third kappa shape index (κ3) is 3.62. The van der Waals surface area contributed by atoms with Gasteiger partial charge in [0.2, 0.25) is 5.91 Å². The first-order chi connectivity index (χ1) is 12.5. The normalized spacial score (nSPS) is 16.9. The molecule has 1 atom stereocenters. The highest BCUT2D eigenvalue weighted by molar-refractivity contribution is 5.80. The van der Waals surface area contributed by atoms with Crippen molar-refractivity contribution in [1.82, 2.24) is 10.1 Å². The summed E-state index contributed by atoms with van der Waals surface area (Å²) < 4.78 is 5.43. The molecule has 1 aliphatic rings. The van der Waals surface area contributed by atoms with E-state index in [1.165, 1.54) is 11.3 Å². The molecule has 1 aliphatic heterocycles. The second kappa shape index (κ2) is 7.94. The van der Waals surface area contributed by atoms with E-state index in [1.807, 2.05) is 25.9 Å². The summed E-state index contributed by atoms with van der Waals surface area (Å²) in [7, 11) is 4.09. The van der Waals surface area contributed by atoms with Crippen LogP contribution in [-0.2, 0) is 24.1 Å². The van der Waals surface area contributed by atoms with Gasteiger partial charge in [0, 0.05) is 38.3 Å². The van der Waals surface area contributed by atoms with Gasteiger partial charge in [-0.2, -0.15) is 0 Å². The van der Waals surface area contributed by atoms with Crippen LogP contribution in [0.3, 0.4) is 0 Å². The molecule has 0 aliphatic carbocycles. The Kier molecular flexibility index (Phi) is 5.64. The molecule has 0 spiro atoms. The quantitative estimate of drug-likeness (QED) is 0.791. The second-order valence-electron chi connectivity index (χ2n) is 7.15. The van der Waals surface area contributed by atoms with Crippen LogP contribution in [0.15, 0.2) is 28.8 Å². The summed E-state index contributed by atoms with van der Waals surface area (Å²) in [5.41, 5.74) is 4.30. The Morgan fingerprint density at radius 2 is 2.12 bits per heavy atom. The first kappa shape index (κ1) is 18.5. The van der Waals surface area contributed by atoms with Crippen molar-refractivity contribution < 1.29 is 9.32 Å². The van der Waals surface area contributed by atoms with Gasteiger partial charge in [0.25, 0.3) is 0 Å². The Morgan fingerprint density at radius 1 is 1.31 bits per heavy atom. The van der Waals surface area contributed by atoms with Crippen molar-refractivity contribution in [2.75, 3.05) is 25.5 Å². The molecule has 3 rings (SSSR count). The Labute approximate surface area is 156 Å². The van der Waals surface area contributed by atoms with E-state index < -0.39 is 0 Å². The second-order valence-corrected chi connectivity index (χ2v) is 7.15. The zero-order valence-electron chi connectivity index (χ0n) is 16.3. The molecule has 0 radical (unpaired) electrons. The molecule has 1 fully saturated rings. The van der Waals surface area contributed by atoms with Gasteiger partial charge in [-0.05, 0) is 37.0 Å². The molecule has 1 unspecified atom stereocenters. The van der Waals surface area contributed by atoms with E-state index in [0.29, 0.717) is 6.42 Å². The predicted octanol–water partition coefficient (Wildman–Crippen LogP) is 3.77. The van der Waals surface area contributed by atoms with Gasteiger partial charge in [0.05, 0.1) is 18.2 Å². The van der Waals surface area contributed by atoms with Crippen molar-refractivity contribution in [2.24, 2.45) is 0 Å². The zero-order chi connectivity index (χ0) is 18.7. The molecule has 2 heterocycles. The number of hydrogen-bond donors (Lipinski definition) is 0. The molecule has 1 saturated heterocycles. The molecule has 1 aromatic carbocycles. The smallest absolute Gasteiger partial charge is 0.227 e. The lowest BCUT2D eigenvalue weighted by Gasteiger charge is -2.26. The largest absolute Gasteiger partial charge is 0.378 e. The van der Waals surface area contributed by atoms with Gasteiger partial charge >= 0.3 is 0 Å². The van der Waals surface area contributed by atoms with E-state index in [-0.39, 0.29) is 11.9 Å². The molecule has 0 bridgehead atoms. The van der Waals surface area contributed by atoms with Crippen molar-refractivity contribution >= 4 is 11.6 Å². The van der Waals surface area contributed by atoms with E-state index in [0.717, 1.165) is 49.2 Å². The highest BCUT2D eigenvalue weighted by Crippen LogP contribution is 2.34. The van der Waals surface area contributed by atoms with E-state index >= 15 is 0 Å². The number of aromatic nitrogens is 1. The third-order valence-corrected chi connectivity index (χ3v) is 5.28. The molecule has 5 heteroatoms. The van der Waals surface area contributed by atoms with Crippen molar-refractivity contribution in [1.29, 1.82) is 0 Å². The van der Waals surface area contributed by atoms with Crippen LogP contribution in [0.4, 0.5) is 5.69 Å². The van der Waals surface area contributed by atoms with Gasteiger partial charge in [0.1, 0.15) is 5.76 Å². The van der Waals surface area contributed by atoms with Gasteiger partial charge in [-0.25, -0.2) is 0 Å². The summed E-state index contributed by atoms with van der Waals surface area (Å²) in [4.78, 5) is 17.2. The highest BCUT2D eigenvalue weighted by Gasteiger charge is 2.31. The number of anilines is 1. The molecule has 2 aromatic rings. The number of carbonyl (C=O) groups excluding carboxylic acids is 1. The molecular weight excluding hydrogens is 326 g/mol. The number of hydrogen-bond acceptors (Lipinski definition) is 4. The Hall–Kier alpha value is -2.30. The molecule has 26 heavy (non-hydrogen) atoms. The molecule has 1 amide bonds. The Morgan fingerprint density at radius 3 is 2.81 bits per heavy atom. The standard InChI is InChI=1S/C21H29N3O2/c1-5-18-17(20(6-2)26-22-18)14-21(25)24-12-8-11-19(24)15-9-7-10-16(13-15)23(3)4/h7,9-10,13,19H,5-6,8,11-12,14H2,1-4H3. The maximum atomic E-state index is 13.1. The van der Waals surface area contributed by atoms with Crippen LogP contribution >= 0.6 is 0 Å². The van der Waals surface area contributed by atoms with Crippen LogP contribution in [0.2, 0.25) is 0 Å². The minimum Gasteiger partial charge on any atom is -0.378 e. The SMILES string of the molecule is CCc1noc(CC)c1CC(=O)N1CCCC1c1cccc(N(C)C)c1. The van der Waals surface area contributed by atoms with Gasteiger partial charge in [-0.15, -0.1) is 0 Å². The summed E-state index contributed by atoms with van der Waals surface area (Å²) in [6.07, 6.45) is 4.02. The van der Waals surface area contributed by atoms with Crippen LogP contribution in [0.1, 0.15) is 55.3 Å². The fourth-order valence-corrected chi connectivity index (χ4v) is 3.81. The molecule has 1 aromatic heterocycles. The maximum absolute atomic E-state index is 13.1. The van der Waals surface area contributed by atoms with Crippen molar-refractivity contribution in [3.8, 4) is 0 Å². The number of likely N-dealkylation sites (tertiary alicyclic amines) is 1. The van der Waals surface area contributed by atoms with Crippen LogP contribution < -0.4 is 4.90 Å². The molecule has 140 valence electrons. The lowest BCUT2D eigenvalue weighted by Crippen LogP contribution is -2.32. The minimum absolute atomic E-state index is 0.164. The van der Waals surface area contributed by atoms with E-state index in [2.05, 4.69) is 41.2 Å². The maximum Gasteiger partial charge on any atom is 0.227 e. The van der Waals surface area contributed by atoms with Gasteiger partial charge < -0.3 is 14.3 Å². The van der Waals surface area contributed by atoms with E-state index in [9.17, 15) is 4.79 Å². The summed E-state index contributed by atoms with van der Waals surface area (Å²) in [6.45, 7) is 4.92. The predicted molar refractivity (Wildman–Crippen MR) is 103 cm³/mol. The first-order valence-electron chi connectivity index (χ1n) is 9.58. The number of benzene rings is 1. The van der Waals surface area contributed by atoms with E-state index in [1.54, 1.807) is 0 Å². The number of carbonyl (C=O) groups is 1. The average Bonchev–Trinajstić information content (AvgIpc) is 3.28. The highest BCUT2D eigenvalue weighted by atomic mass is 16.5. The average molecular weight is 355 g/mol. The van der Waals surface area contributed by atoms with Crippen LogP contribution in [0, 0.1) is 0 Å². The number of nitrogens with zero attached hydrogens (tertiary/aromatic N) is 3. The number of aryl methyl sites for hydroxylation is 2. The van der Waals surface area contributed by atoms with Gasteiger partial charge in [-0.1, -0.05) is 31.1 Å². The monoisotopic (exact) mass is 355 g/mol. The van der Waals surface area contributed by atoms with E-state index in [4.69, 9.17) is 4.52 Å². The minimum atomic E-state index is 0.164. The number of amides is 1. The van der Waals surface area contributed by atoms with Gasteiger partial charge in [-0.3, -0.25) is 4.79 Å². The first-order valence-corrected chi connectivity index (χ1v) is 9.58. The van der Waals surface area contributed by atoms with Crippen LogP contribution in [0.5, 0.6) is 0 Å². The lowest BCUT2D eigenvalue weighted by atomic mass is 10.0. The summed E-state index contributed by atoms with van der Waals surface area (Å²) in [5.74, 6) is 1.02. The van der Waals surface area contributed by atoms with Crippen LogP contribution in [-0.4, -0.2) is 36.6 Å². The molecule has 0 saturated carbocycles.